The zero-order valence-electron chi connectivity index (χ0n) is 34.7. The van der Waals surface area contributed by atoms with E-state index >= 15 is 0 Å². The summed E-state index contributed by atoms with van der Waals surface area (Å²) in [7, 11) is 0. The molecule has 0 bridgehead atoms. The smallest absolute Gasteiger partial charge is 0.187 e. The van der Waals surface area contributed by atoms with Gasteiger partial charge in [0.15, 0.2) is 12.6 Å². The van der Waals surface area contributed by atoms with Crippen molar-refractivity contribution in [2.45, 2.75) is 185 Å². The lowest BCUT2D eigenvalue weighted by atomic mass is 9.34. The summed E-state index contributed by atoms with van der Waals surface area (Å²) < 4.78 is 24.1. The summed E-state index contributed by atoms with van der Waals surface area (Å²) in [5.74, 6) is -0.479. The van der Waals surface area contributed by atoms with E-state index < -0.39 is 109 Å². The van der Waals surface area contributed by atoms with Gasteiger partial charge in [0.05, 0.1) is 43.7 Å². The largest absolute Gasteiger partial charge is 0.394 e. The van der Waals surface area contributed by atoms with Gasteiger partial charge in [0, 0.05) is 11.8 Å². The molecule has 2 aliphatic heterocycles. The number of hydrogen-bond acceptors (Lipinski definition) is 15. The molecule has 2 saturated heterocycles. The fourth-order valence-electron chi connectivity index (χ4n) is 13.2. The quantitative estimate of drug-likeness (QED) is 0.124. The molecule has 15 nitrogen and oxygen atoms in total. The van der Waals surface area contributed by atoms with Crippen LogP contribution in [0.5, 0.6) is 0 Å². The fourth-order valence-corrected chi connectivity index (χ4v) is 13.2. The molecule has 4 saturated carbocycles. The summed E-state index contributed by atoms with van der Waals surface area (Å²) >= 11 is 0. The van der Waals surface area contributed by atoms with Gasteiger partial charge in [-0.1, -0.05) is 46.3 Å². The van der Waals surface area contributed by atoms with Crippen molar-refractivity contribution in [3.05, 3.63) is 11.6 Å². The molecule has 15 heteroatoms. The molecule has 0 aromatic rings. The second kappa shape index (κ2) is 16.4. The van der Waals surface area contributed by atoms with Crippen LogP contribution in [-0.4, -0.2) is 161 Å². The van der Waals surface area contributed by atoms with Gasteiger partial charge in [-0.15, -0.1) is 0 Å². The number of allylic oxidation sites excluding steroid dienone is 1. The van der Waals surface area contributed by atoms with Crippen molar-refractivity contribution >= 4 is 0 Å². The lowest BCUT2D eigenvalue weighted by molar-refractivity contribution is -0.350. The molecule has 0 unspecified atom stereocenters. The van der Waals surface area contributed by atoms with E-state index in [4.69, 9.17) is 18.9 Å². The van der Waals surface area contributed by atoms with Gasteiger partial charge >= 0.3 is 0 Å². The lowest BCUT2D eigenvalue weighted by Gasteiger charge is -2.71. The first-order valence-corrected chi connectivity index (χ1v) is 21.1. The number of rotatable bonds is 11. The van der Waals surface area contributed by atoms with Crippen LogP contribution in [-0.2, 0) is 18.9 Å². The zero-order chi connectivity index (χ0) is 42.2. The Morgan fingerprint density at radius 3 is 1.95 bits per heavy atom. The first kappa shape index (κ1) is 45.7. The third-order valence-corrected chi connectivity index (χ3v) is 17.0. The number of fused-ring (bicyclic) bond motifs is 5. The first-order valence-electron chi connectivity index (χ1n) is 21.1. The molecular formula is C42H72O15. The van der Waals surface area contributed by atoms with Crippen molar-refractivity contribution in [3.8, 4) is 0 Å². The van der Waals surface area contributed by atoms with E-state index in [1.165, 1.54) is 0 Å². The van der Waals surface area contributed by atoms with E-state index in [1.807, 2.05) is 19.9 Å². The van der Waals surface area contributed by atoms with Gasteiger partial charge in [0.25, 0.3) is 0 Å². The molecular weight excluding hydrogens is 744 g/mol. The standard InChI is InChI=1S/C42H72O15/c1-20(17-43)9-8-12-41(6,57-37-35(53)33(51)31(49)24(56-37)19-54-36-34(52)32(50)30(48)23(18-44)55-36)21-10-13-40(5)29(21)22(45)15-26-39(40,4)14-11-25-38(2,3)27(46)16-28(47)42(25,26)7/h9,21-37,43-53H,8,10-19H2,1-7H3/b20-9+/t21-,22+,23+,24+,25-,26-,27-,28+,29-,30+,31+,32-,33-,34+,35+,36+,37-,39+,40+,41+,42-/m0/s1. The van der Waals surface area contributed by atoms with Crippen LogP contribution in [0.15, 0.2) is 11.6 Å². The third kappa shape index (κ3) is 7.39. The van der Waals surface area contributed by atoms with Crippen LogP contribution in [0, 0.1) is 45.3 Å². The predicted molar refractivity (Wildman–Crippen MR) is 204 cm³/mol. The van der Waals surface area contributed by atoms with E-state index in [1.54, 1.807) is 0 Å². The number of hydrogen-bond donors (Lipinski definition) is 11. The van der Waals surface area contributed by atoms with E-state index in [2.05, 4.69) is 34.6 Å². The van der Waals surface area contributed by atoms with Crippen LogP contribution < -0.4 is 0 Å². The Balaban J connectivity index is 1.27. The summed E-state index contributed by atoms with van der Waals surface area (Å²) in [6.07, 6.45) is -11.0. The van der Waals surface area contributed by atoms with Gasteiger partial charge in [-0.2, -0.15) is 0 Å². The minimum Gasteiger partial charge on any atom is -0.394 e. The minimum absolute atomic E-state index is 0.0209. The molecule has 21 atom stereocenters. The van der Waals surface area contributed by atoms with Gasteiger partial charge in [0.1, 0.15) is 48.8 Å². The van der Waals surface area contributed by atoms with Crippen LogP contribution in [0.1, 0.15) is 99.8 Å². The Labute approximate surface area is 336 Å². The number of aliphatic hydroxyl groups is 11. The highest BCUT2D eigenvalue weighted by molar-refractivity contribution is 5.21. The van der Waals surface area contributed by atoms with E-state index in [0.29, 0.717) is 25.7 Å². The second-order valence-corrected chi connectivity index (χ2v) is 20.1. The fraction of sp³-hybridized carbons (Fsp3) is 0.952. The topological polar surface area (TPSA) is 259 Å². The second-order valence-electron chi connectivity index (χ2n) is 20.1. The van der Waals surface area contributed by atoms with Crippen LogP contribution in [0.3, 0.4) is 0 Å². The zero-order valence-corrected chi connectivity index (χ0v) is 34.7. The van der Waals surface area contributed by atoms with Crippen LogP contribution in [0.4, 0.5) is 0 Å². The van der Waals surface area contributed by atoms with Gasteiger partial charge < -0.3 is 75.1 Å². The molecule has 6 fully saturated rings. The number of ether oxygens (including phenoxy) is 4. The molecule has 0 radical (unpaired) electrons. The van der Waals surface area contributed by atoms with Gasteiger partial charge in [0.2, 0.25) is 0 Å². The molecule has 2 heterocycles. The van der Waals surface area contributed by atoms with E-state index in [9.17, 15) is 56.2 Å². The Kier molecular flexibility index (Phi) is 13.2. The molecule has 4 aliphatic carbocycles. The van der Waals surface area contributed by atoms with Crippen LogP contribution >= 0.6 is 0 Å². The van der Waals surface area contributed by atoms with Crippen molar-refractivity contribution in [2.75, 3.05) is 19.8 Å². The first-order chi connectivity index (χ1) is 26.5. The van der Waals surface area contributed by atoms with E-state index in [0.717, 1.165) is 24.8 Å². The third-order valence-electron chi connectivity index (χ3n) is 17.0. The van der Waals surface area contributed by atoms with Crippen molar-refractivity contribution < 1.29 is 75.1 Å². The van der Waals surface area contributed by atoms with Crippen molar-refractivity contribution in [3.63, 3.8) is 0 Å². The summed E-state index contributed by atoms with van der Waals surface area (Å²) in [4.78, 5) is 0. The monoisotopic (exact) mass is 816 g/mol. The maximum absolute atomic E-state index is 12.4. The lowest BCUT2D eigenvalue weighted by Crippen LogP contribution is -2.70. The molecule has 11 N–H and O–H groups in total. The highest BCUT2D eigenvalue weighted by Gasteiger charge is 2.73. The highest BCUT2D eigenvalue weighted by atomic mass is 16.7. The molecule has 0 aromatic carbocycles. The number of aliphatic hydroxyl groups excluding tert-OH is 11. The van der Waals surface area contributed by atoms with Crippen molar-refractivity contribution in [1.29, 1.82) is 0 Å². The predicted octanol–water partition coefficient (Wildman–Crippen LogP) is 0.0922. The maximum atomic E-state index is 12.4. The van der Waals surface area contributed by atoms with Gasteiger partial charge in [-0.25, -0.2) is 0 Å². The minimum atomic E-state index is -1.73. The average molecular weight is 817 g/mol. The molecule has 0 amide bonds. The van der Waals surface area contributed by atoms with Crippen LogP contribution in [0.25, 0.3) is 0 Å². The molecule has 0 spiro atoms. The average Bonchev–Trinajstić information content (AvgIpc) is 3.55. The van der Waals surface area contributed by atoms with Crippen LogP contribution in [0.2, 0.25) is 0 Å². The molecule has 57 heavy (non-hydrogen) atoms. The Bertz CT molecular complexity index is 1430. The summed E-state index contributed by atoms with van der Waals surface area (Å²) in [6.45, 7) is 13.4. The summed E-state index contributed by atoms with van der Waals surface area (Å²) in [6, 6.07) is 0. The molecule has 6 rings (SSSR count). The van der Waals surface area contributed by atoms with Crippen molar-refractivity contribution in [1.82, 2.24) is 0 Å². The molecule has 6 aliphatic rings. The van der Waals surface area contributed by atoms with Gasteiger partial charge in [-0.3, -0.25) is 0 Å². The van der Waals surface area contributed by atoms with Gasteiger partial charge in [-0.05, 0) is 98.7 Å². The highest BCUT2D eigenvalue weighted by Crippen LogP contribution is 2.76. The normalized spacial score (nSPS) is 52.4. The Morgan fingerprint density at radius 2 is 1.32 bits per heavy atom. The Hall–Kier alpha value is -0.860. The SMILES string of the molecule is C/C(=C\CC[C@@](C)(O[C@@H]1O[C@H](CO[C@@H]2O[C@H](CO)[C@@H](O)[C@H](O)[C@H]2O)[C@@H](O)[C@H](O)[C@H]1O)[C@H]1CC[C@]2(C)[C@@H]1[C@H](O)C[C@@H]1[C@@]3(C)[C@H](O)C[C@H](O)C(C)(C)[C@@H]3CC[C@]12C)CO. The summed E-state index contributed by atoms with van der Waals surface area (Å²) in [5.41, 5.74) is -1.91. The molecule has 0 aromatic heterocycles. The maximum Gasteiger partial charge on any atom is 0.187 e. The van der Waals surface area contributed by atoms with E-state index in [-0.39, 0.29) is 47.5 Å². The van der Waals surface area contributed by atoms with Crippen molar-refractivity contribution in [2.24, 2.45) is 45.3 Å². The molecule has 330 valence electrons. The Morgan fingerprint density at radius 1 is 0.719 bits per heavy atom. The summed E-state index contributed by atoms with van der Waals surface area (Å²) in [5, 5.41) is 119.